The Morgan fingerprint density at radius 3 is 2.52 bits per heavy atom. The van der Waals surface area contributed by atoms with E-state index in [2.05, 4.69) is 10.1 Å². The normalized spacial score (nSPS) is 18.1. The molecule has 0 aliphatic carbocycles. The average molecular weight is 450 g/mol. The molecule has 0 radical (unpaired) electrons. The third-order valence-electron chi connectivity index (χ3n) is 6.38. The number of nitrogens with zero attached hydrogens (tertiary/aromatic N) is 3. The average Bonchev–Trinajstić information content (AvgIpc) is 3.61. The summed E-state index contributed by atoms with van der Waals surface area (Å²) in [6.07, 6.45) is 4.11. The number of benzene rings is 2. The van der Waals surface area contributed by atoms with Crippen LogP contribution in [-0.4, -0.2) is 48.3 Å². The maximum atomic E-state index is 13.5. The minimum absolute atomic E-state index is 0.00956. The first-order valence-corrected chi connectivity index (χ1v) is 11.6. The molecule has 0 saturated carbocycles. The molecule has 7 heteroatoms. The Bertz CT molecular complexity index is 1070. The van der Waals surface area contributed by atoms with Gasteiger partial charge in [-0.3, -0.25) is 4.79 Å². The Hall–Kier alpha value is -3.19. The van der Waals surface area contributed by atoms with Gasteiger partial charge in [0, 0.05) is 37.4 Å². The molecule has 3 heterocycles. The lowest BCUT2D eigenvalue weighted by Gasteiger charge is -2.27. The fraction of sp³-hybridized carbons (Fsp3) is 0.385. The van der Waals surface area contributed by atoms with Crippen molar-refractivity contribution in [2.45, 2.75) is 38.3 Å². The van der Waals surface area contributed by atoms with Crippen molar-refractivity contribution in [3.63, 3.8) is 0 Å². The third kappa shape index (κ3) is 4.78. The molecule has 2 aromatic carbocycles. The number of rotatable bonds is 7. The number of hydrogen-bond donors (Lipinski definition) is 0. The molecule has 0 bridgehead atoms. The topological polar surface area (TPSA) is 58.8 Å². The molecule has 2 saturated heterocycles. The van der Waals surface area contributed by atoms with Crippen molar-refractivity contribution >= 4 is 11.8 Å². The lowest BCUT2D eigenvalue weighted by atomic mass is 10.1. The molecule has 1 aromatic heterocycles. The minimum atomic E-state index is -0.362. The van der Waals surface area contributed by atoms with Crippen molar-refractivity contribution in [3.8, 4) is 11.3 Å². The summed E-state index contributed by atoms with van der Waals surface area (Å²) in [4.78, 5) is 17.5. The first-order valence-electron chi connectivity index (χ1n) is 11.6. The van der Waals surface area contributed by atoms with Crippen molar-refractivity contribution in [1.29, 1.82) is 0 Å². The first kappa shape index (κ1) is 21.6. The maximum Gasteiger partial charge on any atom is 0.254 e. The van der Waals surface area contributed by atoms with Gasteiger partial charge in [-0.25, -0.2) is 4.39 Å². The number of halogens is 1. The van der Waals surface area contributed by atoms with Gasteiger partial charge in [0.15, 0.2) is 0 Å². The van der Waals surface area contributed by atoms with E-state index >= 15 is 0 Å². The number of carbonyl (C=O) groups excluding carboxylic acids is 1. The van der Waals surface area contributed by atoms with Crippen LogP contribution in [0.4, 0.5) is 10.3 Å². The molecule has 2 aliphatic rings. The van der Waals surface area contributed by atoms with Gasteiger partial charge < -0.3 is 19.1 Å². The van der Waals surface area contributed by atoms with Crippen LogP contribution < -0.4 is 4.90 Å². The van der Waals surface area contributed by atoms with Crippen LogP contribution in [0.5, 0.6) is 0 Å². The Labute approximate surface area is 192 Å². The van der Waals surface area contributed by atoms with Crippen molar-refractivity contribution < 1.29 is 18.4 Å². The smallest absolute Gasteiger partial charge is 0.254 e. The number of hydrogen-bond acceptors (Lipinski definition) is 5. The fourth-order valence-corrected chi connectivity index (χ4v) is 4.65. The molecule has 3 aromatic rings. The molecule has 1 atom stereocenters. The SMILES string of the molecule is O=C(c1ccc(F)cc1)N(Cc1c(-c2ccccc2)noc1N1CCCC1)C[C@H]1CCCO1. The molecule has 0 unspecified atom stereocenters. The molecule has 0 spiro atoms. The summed E-state index contributed by atoms with van der Waals surface area (Å²) in [7, 11) is 0. The van der Waals surface area contributed by atoms with Gasteiger partial charge in [0.05, 0.1) is 18.2 Å². The standard InChI is InChI=1S/C26H28FN3O3/c27-21-12-10-20(11-13-21)25(31)30(17-22-9-6-16-32-22)18-23-24(19-7-2-1-3-8-19)28-33-26(23)29-14-4-5-15-29/h1-3,7-8,10-13,22H,4-6,9,14-18H2/t22-/m1/s1. The monoisotopic (exact) mass is 449 g/mol. The molecule has 172 valence electrons. The molecule has 2 fully saturated rings. The zero-order chi connectivity index (χ0) is 22.6. The predicted molar refractivity (Wildman–Crippen MR) is 124 cm³/mol. The molecular formula is C26H28FN3O3. The van der Waals surface area contributed by atoms with Crippen molar-refractivity contribution in [2.75, 3.05) is 31.1 Å². The summed E-state index contributed by atoms with van der Waals surface area (Å²) in [5, 5.41) is 4.42. The van der Waals surface area contributed by atoms with Gasteiger partial charge in [-0.15, -0.1) is 0 Å². The highest BCUT2D eigenvalue weighted by Gasteiger charge is 2.30. The van der Waals surface area contributed by atoms with E-state index in [0.717, 1.165) is 61.5 Å². The summed E-state index contributed by atoms with van der Waals surface area (Å²) in [5.74, 6) is 0.215. The highest BCUT2D eigenvalue weighted by atomic mass is 19.1. The summed E-state index contributed by atoms with van der Waals surface area (Å²) < 4.78 is 25.2. The number of aromatic nitrogens is 1. The van der Waals surface area contributed by atoms with Crippen LogP contribution in [0.25, 0.3) is 11.3 Å². The molecule has 5 rings (SSSR count). The number of carbonyl (C=O) groups is 1. The Morgan fingerprint density at radius 2 is 1.82 bits per heavy atom. The van der Waals surface area contributed by atoms with E-state index in [1.807, 2.05) is 30.3 Å². The Balaban J connectivity index is 1.51. The van der Waals surface area contributed by atoms with Gasteiger partial charge >= 0.3 is 0 Å². The zero-order valence-corrected chi connectivity index (χ0v) is 18.6. The van der Waals surface area contributed by atoms with Crippen molar-refractivity contribution in [3.05, 3.63) is 71.5 Å². The van der Waals surface area contributed by atoms with E-state index < -0.39 is 0 Å². The lowest BCUT2D eigenvalue weighted by molar-refractivity contribution is 0.0507. The first-order chi connectivity index (χ1) is 16.2. The summed E-state index contributed by atoms with van der Waals surface area (Å²) in [5.41, 5.74) is 3.06. The number of ether oxygens (including phenoxy) is 1. The highest BCUT2D eigenvalue weighted by Crippen LogP contribution is 2.34. The molecule has 0 N–H and O–H groups in total. The van der Waals surface area contributed by atoms with Gasteiger partial charge in [0.2, 0.25) is 5.88 Å². The Morgan fingerprint density at radius 1 is 1.06 bits per heavy atom. The van der Waals surface area contributed by atoms with Crippen LogP contribution in [0.15, 0.2) is 59.1 Å². The number of amides is 1. The summed E-state index contributed by atoms with van der Waals surface area (Å²) >= 11 is 0. The second-order valence-corrected chi connectivity index (χ2v) is 8.70. The predicted octanol–water partition coefficient (Wildman–Crippen LogP) is 4.90. The largest absolute Gasteiger partial charge is 0.376 e. The minimum Gasteiger partial charge on any atom is -0.376 e. The van der Waals surface area contributed by atoms with Crippen LogP contribution in [0.1, 0.15) is 41.6 Å². The van der Waals surface area contributed by atoms with E-state index in [1.165, 1.54) is 24.3 Å². The van der Waals surface area contributed by atoms with E-state index in [0.29, 0.717) is 25.3 Å². The molecule has 1 amide bonds. The fourth-order valence-electron chi connectivity index (χ4n) is 4.65. The Kier molecular flexibility index (Phi) is 6.39. The van der Waals surface area contributed by atoms with E-state index in [1.54, 1.807) is 4.90 Å². The van der Waals surface area contributed by atoms with Crippen molar-refractivity contribution in [2.24, 2.45) is 0 Å². The summed E-state index contributed by atoms with van der Waals surface area (Å²) in [6.45, 7) is 3.34. The van der Waals surface area contributed by atoms with Gasteiger partial charge in [0.1, 0.15) is 11.5 Å². The van der Waals surface area contributed by atoms with Crippen molar-refractivity contribution in [1.82, 2.24) is 10.1 Å². The molecule has 33 heavy (non-hydrogen) atoms. The molecule has 6 nitrogen and oxygen atoms in total. The van der Waals surface area contributed by atoms with Gasteiger partial charge in [-0.05, 0) is 49.9 Å². The van der Waals surface area contributed by atoms with Crippen LogP contribution in [0, 0.1) is 5.82 Å². The maximum absolute atomic E-state index is 13.5. The molecular weight excluding hydrogens is 421 g/mol. The molecule has 2 aliphatic heterocycles. The second-order valence-electron chi connectivity index (χ2n) is 8.70. The quantitative estimate of drug-likeness (QED) is 0.513. The number of anilines is 1. The van der Waals surface area contributed by atoms with E-state index in [4.69, 9.17) is 9.26 Å². The lowest BCUT2D eigenvalue weighted by Crippen LogP contribution is -2.37. The van der Waals surface area contributed by atoms with E-state index in [-0.39, 0.29) is 17.8 Å². The summed E-state index contributed by atoms with van der Waals surface area (Å²) in [6, 6.07) is 15.6. The second kappa shape index (κ2) is 9.75. The van der Waals surface area contributed by atoms with Crippen LogP contribution in [-0.2, 0) is 11.3 Å². The van der Waals surface area contributed by atoms with Crippen LogP contribution in [0.3, 0.4) is 0 Å². The zero-order valence-electron chi connectivity index (χ0n) is 18.6. The van der Waals surface area contributed by atoms with Gasteiger partial charge in [0.25, 0.3) is 5.91 Å². The van der Waals surface area contributed by atoms with Gasteiger partial charge in [-0.2, -0.15) is 0 Å². The third-order valence-corrected chi connectivity index (χ3v) is 6.38. The van der Waals surface area contributed by atoms with Gasteiger partial charge in [-0.1, -0.05) is 35.5 Å². The van der Waals surface area contributed by atoms with Crippen LogP contribution >= 0.6 is 0 Å². The van der Waals surface area contributed by atoms with E-state index in [9.17, 15) is 9.18 Å². The van der Waals surface area contributed by atoms with Crippen LogP contribution in [0.2, 0.25) is 0 Å². The highest BCUT2D eigenvalue weighted by molar-refractivity contribution is 5.94.